The number of benzene rings is 2. The van der Waals surface area contributed by atoms with E-state index in [0.717, 1.165) is 16.7 Å². The molecule has 3 rings (SSSR count). The summed E-state index contributed by atoms with van der Waals surface area (Å²) < 4.78 is 0. The van der Waals surface area contributed by atoms with Crippen molar-refractivity contribution >= 4 is 5.91 Å². The van der Waals surface area contributed by atoms with Crippen LogP contribution in [0.4, 0.5) is 0 Å². The normalized spacial score (nSPS) is 13.9. The van der Waals surface area contributed by atoms with Gasteiger partial charge in [-0.2, -0.15) is 0 Å². The average Bonchev–Trinajstić information content (AvgIpc) is 3.38. The van der Waals surface area contributed by atoms with Crippen LogP contribution < -0.4 is 5.32 Å². The Bertz CT molecular complexity index is 662. The Morgan fingerprint density at radius 2 is 1.86 bits per heavy atom. The summed E-state index contributed by atoms with van der Waals surface area (Å²) >= 11 is 0. The van der Waals surface area contributed by atoms with E-state index in [2.05, 4.69) is 17.4 Å². The van der Waals surface area contributed by atoms with E-state index in [0.29, 0.717) is 18.9 Å². The summed E-state index contributed by atoms with van der Waals surface area (Å²) in [4.78, 5) is 12.1. The Kier molecular flexibility index (Phi) is 4.54. The van der Waals surface area contributed by atoms with Crippen molar-refractivity contribution in [3.05, 3.63) is 70.8 Å². The molecular formula is C19H21NO2. The van der Waals surface area contributed by atoms with Gasteiger partial charge < -0.3 is 10.4 Å². The van der Waals surface area contributed by atoms with Gasteiger partial charge >= 0.3 is 0 Å². The van der Waals surface area contributed by atoms with Crippen molar-refractivity contribution in [2.45, 2.75) is 38.3 Å². The summed E-state index contributed by atoms with van der Waals surface area (Å²) in [6, 6.07) is 16.0. The molecular weight excluding hydrogens is 274 g/mol. The molecule has 1 fully saturated rings. The summed E-state index contributed by atoms with van der Waals surface area (Å²) in [7, 11) is 0. The fraction of sp³-hybridized carbons (Fsp3) is 0.316. The molecule has 0 saturated heterocycles. The van der Waals surface area contributed by atoms with E-state index in [1.807, 2.05) is 36.4 Å². The largest absolute Gasteiger partial charge is 0.392 e. The van der Waals surface area contributed by atoms with Crippen LogP contribution in [0.15, 0.2) is 48.5 Å². The van der Waals surface area contributed by atoms with E-state index < -0.39 is 0 Å². The van der Waals surface area contributed by atoms with Crippen LogP contribution in [0.5, 0.6) is 0 Å². The molecule has 2 aromatic rings. The van der Waals surface area contributed by atoms with Crippen molar-refractivity contribution in [2.24, 2.45) is 0 Å². The second kappa shape index (κ2) is 6.75. The van der Waals surface area contributed by atoms with E-state index in [1.54, 1.807) is 0 Å². The molecule has 0 bridgehead atoms. The van der Waals surface area contributed by atoms with Crippen LogP contribution in [0, 0.1) is 0 Å². The van der Waals surface area contributed by atoms with Crippen LogP contribution in [-0.4, -0.2) is 11.0 Å². The van der Waals surface area contributed by atoms with Gasteiger partial charge in [0.2, 0.25) is 5.91 Å². The van der Waals surface area contributed by atoms with E-state index in [4.69, 9.17) is 0 Å². The lowest BCUT2D eigenvalue weighted by Crippen LogP contribution is -2.25. The summed E-state index contributed by atoms with van der Waals surface area (Å²) in [5.74, 6) is 0.722. The fourth-order valence-electron chi connectivity index (χ4n) is 2.70. The molecule has 2 aromatic carbocycles. The first kappa shape index (κ1) is 14.8. The van der Waals surface area contributed by atoms with Gasteiger partial charge in [-0.25, -0.2) is 0 Å². The van der Waals surface area contributed by atoms with Gasteiger partial charge in [0.1, 0.15) is 0 Å². The molecule has 3 heteroatoms. The van der Waals surface area contributed by atoms with Crippen LogP contribution in [0.3, 0.4) is 0 Å². The van der Waals surface area contributed by atoms with Gasteiger partial charge in [0, 0.05) is 6.54 Å². The number of carbonyl (C=O) groups is 1. The fourth-order valence-corrected chi connectivity index (χ4v) is 2.70. The van der Waals surface area contributed by atoms with Crippen molar-refractivity contribution in [3.63, 3.8) is 0 Å². The number of aliphatic hydroxyl groups is 1. The molecule has 114 valence electrons. The lowest BCUT2D eigenvalue weighted by molar-refractivity contribution is -0.120. The highest BCUT2D eigenvalue weighted by atomic mass is 16.3. The smallest absolute Gasteiger partial charge is 0.224 e. The first-order chi connectivity index (χ1) is 10.8. The van der Waals surface area contributed by atoms with Crippen molar-refractivity contribution in [2.75, 3.05) is 0 Å². The maximum atomic E-state index is 12.1. The summed E-state index contributed by atoms with van der Waals surface area (Å²) in [5, 5.41) is 12.2. The van der Waals surface area contributed by atoms with E-state index >= 15 is 0 Å². The molecule has 0 unspecified atom stereocenters. The van der Waals surface area contributed by atoms with Gasteiger partial charge in [-0.3, -0.25) is 4.79 Å². The minimum Gasteiger partial charge on any atom is -0.392 e. The highest BCUT2D eigenvalue weighted by Gasteiger charge is 2.23. The van der Waals surface area contributed by atoms with Crippen molar-refractivity contribution in [3.8, 4) is 0 Å². The summed E-state index contributed by atoms with van der Waals surface area (Å²) in [6.45, 7) is 0.452. The van der Waals surface area contributed by atoms with Gasteiger partial charge in [-0.1, -0.05) is 48.5 Å². The maximum Gasteiger partial charge on any atom is 0.224 e. The number of hydrogen-bond acceptors (Lipinski definition) is 2. The molecule has 0 atom stereocenters. The number of carbonyl (C=O) groups excluding carboxylic acids is 1. The van der Waals surface area contributed by atoms with Crippen molar-refractivity contribution < 1.29 is 9.90 Å². The molecule has 0 radical (unpaired) electrons. The first-order valence-electron chi connectivity index (χ1n) is 7.79. The quantitative estimate of drug-likeness (QED) is 0.861. The van der Waals surface area contributed by atoms with Crippen LogP contribution in [0.1, 0.15) is 41.0 Å². The monoisotopic (exact) mass is 295 g/mol. The Balaban J connectivity index is 1.57. The SMILES string of the molecule is O=C(Cc1cccc(C2CC2)c1)NCc1ccccc1CO. The zero-order valence-electron chi connectivity index (χ0n) is 12.6. The Hall–Kier alpha value is -2.13. The lowest BCUT2D eigenvalue weighted by Gasteiger charge is -2.09. The molecule has 3 nitrogen and oxygen atoms in total. The van der Waals surface area contributed by atoms with Gasteiger partial charge in [0.05, 0.1) is 13.0 Å². The predicted molar refractivity (Wildman–Crippen MR) is 86.3 cm³/mol. The molecule has 1 amide bonds. The zero-order valence-corrected chi connectivity index (χ0v) is 12.6. The van der Waals surface area contributed by atoms with Crippen LogP contribution in [-0.2, 0) is 24.4 Å². The standard InChI is InChI=1S/C19H21NO2/c21-13-18-6-2-1-5-17(18)12-20-19(22)11-14-4-3-7-16(10-14)15-8-9-15/h1-7,10,15,21H,8-9,11-13H2,(H,20,22). The molecule has 22 heavy (non-hydrogen) atoms. The second-order valence-electron chi connectivity index (χ2n) is 5.90. The zero-order chi connectivity index (χ0) is 15.4. The minimum absolute atomic E-state index is 0.00449. The summed E-state index contributed by atoms with van der Waals surface area (Å²) in [5.41, 5.74) is 4.25. The first-order valence-corrected chi connectivity index (χ1v) is 7.79. The molecule has 0 aliphatic heterocycles. The minimum atomic E-state index is -0.00449. The van der Waals surface area contributed by atoms with Crippen molar-refractivity contribution in [1.29, 1.82) is 0 Å². The molecule has 2 N–H and O–H groups in total. The van der Waals surface area contributed by atoms with Gasteiger partial charge in [0.25, 0.3) is 0 Å². The maximum absolute atomic E-state index is 12.1. The number of nitrogens with one attached hydrogen (secondary N) is 1. The molecule has 1 saturated carbocycles. The van der Waals surface area contributed by atoms with E-state index in [1.165, 1.54) is 18.4 Å². The number of aliphatic hydroxyl groups excluding tert-OH is 1. The van der Waals surface area contributed by atoms with Gasteiger partial charge in [-0.15, -0.1) is 0 Å². The molecule has 0 heterocycles. The third-order valence-electron chi connectivity index (χ3n) is 4.13. The van der Waals surface area contributed by atoms with Crippen LogP contribution in [0.25, 0.3) is 0 Å². The Morgan fingerprint density at radius 1 is 1.09 bits per heavy atom. The molecule has 1 aliphatic rings. The third-order valence-corrected chi connectivity index (χ3v) is 4.13. The van der Waals surface area contributed by atoms with Gasteiger partial charge in [0.15, 0.2) is 0 Å². The van der Waals surface area contributed by atoms with Crippen LogP contribution >= 0.6 is 0 Å². The summed E-state index contributed by atoms with van der Waals surface area (Å²) in [6.07, 6.45) is 2.95. The Labute approximate surface area is 131 Å². The van der Waals surface area contributed by atoms with E-state index in [-0.39, 0.29) is 12.5 Å². The highest BCUT2D eigenvalue weighted by molar-refractivity contribution is 5.78. The topological polar surface area (TPSA) is 49.3 Å². The third kappa shape index (κ3) is 3.74. The Morgan fingerprint density at radius 3 is 2.59 bits per heavy atom. The molecule has 1 aliphatic carbocycles. The highest BCUT2D eigenvalue weighted by Crippen LogP contribution is 2.40. The number of amides is 1. The molecule has 0 aromatic heterocycles. The van der Waals surface area contributed by atoms with Crippen LogP contribution in [0.2, 0.25) is 0 Å². The molecule has 0 spiro atoms. The second-order valence-corrected chi connectivity index (χ2v) is 5.90. The average molecular weight is 295 g/mol. The van der Waals surface area contributed by atoms with Gasteiger partial charge in [-0.05, 0) is 41.0 Å². The number of hydrogen-bond donors (Lipinski definition) is 2. The number of rotatable bonds is 6. The van der Waals surface area contributed by atoms with E-state index in [9.17, 15) is 9.90 Å². The lowest BCUT2D eigenvalue weighted by atomic mass is 10.0. The van der Waals surface area contributed by atoms with Crippen molar-refractivity contribution in [1.82, 2.24) is 5.32 Å². The predicted octanol–water partition coefficient (Wildman–Crippen LogP) is 2.92.